The zero-order chi connectivity index (χ0) is 19.6. The van der Waals surface area contributed by atoms with Crippen LogP contribution in [0.1, 0.15) is 43.5 Å². The lowest BCUT2D eigenvalue weighted by atomic mass is 10.1. The highest BCUT2D eigenvalue weighted by Gasteiger charge is 2.35. The van der Waals surface area contributed by atoms with Crippen LogP contribution in [0.25, 0.3) is 0 Å². The molecule has 144 valence electrons. The van der Waals surface area contributed by atoms with Crippen molar-refractivity contribution >= 4 is 51.5 Å². The Morgan fingerprint density at radius 2 is 2.15 bits per heavy atom. The minimum atomic E-state index is -0.355. The first kappa shape index (κ1) is 20.1. The highest BCUT2D eigenvalue weighted by Crippen LogP contribution is 2.37. The number of nitrogens with zero attached hydrogens (tertiary/aromatic N) is 3. The van der Waals surface area contributed by atoms with E-state index in [9.17, 15) is 9.59 Å². The predicted molar refractivity (Wildman–Crippen MR) is 108 cm³/mol. The molecule has 1 aromatic carbocycles. The van der Waals surface area contributed by atoms with Crippen molar-refractivity contribution in [2.75, 3.05) is 12.0 Å². The highest BCUT2D eigenvalue weighted by molar-refractivity contribution is 8.02. The first-order chi connectivity index (χ1) is 12.9. The van der Waals surface area contributed by atoms with Crippen LogP contribution in [-0.4, -0.2) is 40.3 Å². The van der Waals surface area contributed by atoms with E-state index in [-0.39, 0.29) is 23.0 Å². The molecule has 0 bridgehead atoms. The van der Waals surface area contributed by atoms with Crippen molar-refractivity contribution < 1.29 is 14.3 Å². The SMILES string of the molecule is CCC(=O)N(c1nnc(SC(C)C(=O)c2ccc(OC)c(Cl)c2)s1)C1CC1. The number of methoxy groups -OCH3 is 1. The summed E-state index contributed by atoms with van der Waals surface area (Å²) >= 11 is 8.80. The van der Waals surface area contributed by atoms with E-state index in [1.54, 1.807) is 23.1 Å². The van der Waals surface area contributed by atoms with E-state index in [0.717, 1.165) is 12.8 Å². The fraction of sp³-hybridized carbons (Fsp3) is 0.444. The standard InChI is InChI=1S/C18H20ClN3O3S2/c1-4-15(23)22(12-6-7-12)17-20-21-18(27-17)26-10(2)16(24)11-5-8-14(25-3)13(19)9-11/h5,8-10,12H,4,6-7H2,1-3H3. The maximum Gasteiger partial charge on any atom is 0.228 e. The number of Topliss-reactive ketones (excluding diaryl/α,β-unsaturated/α-hetero) is 1. The average Bonchev–Trinajstić information content (AvgIpc) is 3.39. The average molecular weight is 426 g/mol. The maximum absolute atomic E-state index is 12.7. The molecule has 27 heavy (non-hydrogen) atoms. The number of aromatic nitrogens is 2. The zero-order valence-corrected chi connectivity index (χ0v) is 17.7. The van der Waals surface area contributed by atoms with Gasteiger partial charge in [0.2, 0.25) is 11.0 Å². The first-order valence-electron chi connectivity index (χ1n) is 8.64. The number of hydrogen-bond acceptors (Lipinski definition) is 7. The fourth-order valence-corrected chi connectivity index (χ4v) is 4.99. The fourth-order valence-electron chi connectivity index (χ4n) is 2.58. The van der Waals surface area contributed by atoms with Gasteiger partial charge in [0.15, 0.2) is 10.1 Å². The molecule has 3 rings (SSSR count). The number of benzene rings is 1. The number of carbonyl (C=O) groups is 2. The molecule has 1 aliphatic carbocycles. The number of anilines is 1. The van der Waals surface area contributed by atoms with E-state index in [2.05, 4.69) is 10.2 Å². The first-order valence-corrected chi connectivity index (χ1v) is 10.7. The molecular formula is C18H20ClN3O3S2. The van der Waals surface area contributed by atoms with Gasteiger partial charge in [-0.25, -0.2) is 0 Å². The molecule has 0 spiro atoms. The van der Waals surface area contributed by atoms with Gasteiger partial charge in [-0.05, 0) is 38.0 Å². The Balaban J connectivity index is 1.70. The Morgan fingerprint density at radius 1 is 1.41 bits per heavy atom. The summed E-state index contributed by atoms with van der Waals surface area (Å²) in [6, 6.07) is 5.23. The van der Waals surface area contributed by atoms with Crippen molar-refractivity contribution in [3.8, 4) is 5.75 Å². The van der Waals surface area contributed by atoms with Crippen LogP contribution in [0.4, 0.5) is 5.13 Å². The molecule has 1 heterocycles. The van der Waals surface area contributed by atoms with Gasteiger partial charge in [0.25, 0.3) is 0 Å². The minimum Gasteiger partial charge on any atom is -0.495 e. The molecule has 6 nitrogen and oxygen atoms in total. The lowest BCUT2D eigenvalue weighted by Crippen LogP contribution is -2.32. The van der Waals surface area contributed by atoms with Gasteiger partial charge in [-0.15, -0.1) is 10.2 Å². The maximum atomic E-state index is 12.7. The van der Waals surface area contributed by atoms with Crippen LogP contribution in [0.2, 0.25) is 5.02 Å². The Hall–Kier alpha value is -1.64. The van der Waals surface area contributed by atoms with Gasteiger partial charge in [-0.3, -0.25) is 14.5 Å². The van der Waals surface area contributed by atoms with Crippen molar-refractivity contribution in [1.29, 1.82) is 0 Å². The van der Waals surface area contributed by atoms with Gasteiger partial charge in [-0.1, -0.05) is 41.6 Å². The van der Waals surface area contributed by atoms with Crippen LogP contribution in [0.3, 0.4) is 0 Å². The van der Waals surface area contributed by atoms with Crippen molar-refractivity contribution in [2.24, 2.45) is 0 Å². The van der Waals surface area contributed by atoms with Crippen LogP contribution in [-0.2, 0) is 4.79 Å². The Labute approximate surface area is 171 Å². The monoisotopic (exact) mass is 425 g/mol. The van der Waals surface area contributed by atoms with Gasteiger partial charge in [-0.2, -0.15) is 0 Å². The Bertz CT molecular complexity index is 854. The third-order valence-electron chi connectivity index (χ3n) is 4.17. The van der Waals surface area contributed by atoms with Crippen LogP contribution in [0.5, 0.6) is 5.75 Å². The molecule has 9 heteroatoms. The molecule has 1 saturated carbocycles. The van der Waals surface area contributed by atoms with Gasteiger partial charge in [0.1, 0.15) is 5.75 Å². The summed E-state index contributed by atoms with van der Waals surface area (Å²) in [5, 5.41) is 8.99. The van der Waals surface area contributed by atoms with E-state index in [1.807, 2.05) is 13.8 Å². The molecule has 0 N–H and O–H groups in total. The summed E-state index contributed by atoms with van der Waals surface area (Å²) in [6.45, 7) is 3.66. The third kappa shape index (κ3) is 4.62. The van der Waals surface area contributed by atoms with Gasteiger partial charge >= 0.3 is 0 Å². The number of thioether (sulfide) groups is 1. The van der Waals surface area contributed by atoms with E-state index in [1.165, 1.54) is 30.2 Å². The third-order valence-corrected chi connectivity index (χ3v) is 6.57. The number of amides is 1. The number of halogens is 1. The number of hydrogen-bond donors (Lipinski definition) is 0. The molecular weight excluding hydrogens is 406 g/mol. The molecule has 1 unspecified atom stereocenters. The van der Waals surface area contributed by atoms with Gasteiger partial charge in [0, 0.05) is 18.0 Å². The van der Waals surface area contributed by atoms with E-state index in [4.69, 9.17) is 16.3 Å². The second kappa shape index (κ2) is 8.58. The second-order valence-corrected chi connectivity index (χ2v) is 9.12. The molecule has 0 aliphatic heterocycles. The van der Waals surface area contributed by atoms with Crippen LogP contribution in [0.15, 0.2) is 22.5 Å². The second-order valence-electron chi connectivity index (χ2n) is 6.17. The van der Waals surface area contributed by atoms with E-state index < -0.39 is 0 Å². The lowest BCUT2D eigenvalue weighted by molar-refractivity contribution is -0.118. The number of rotatable bonds is 8. The van der Waals surface area contributed by atoms with Crippen molar-refractivity contribution in [2.45, 2.75) is 48.7 Å². The van der Waals surface area contributed by atoms with Gasteiger partial charge in [0.05, 0.1) is 17.4 Å². The summed E-state index contributed by atoms with van der Waals surface area (Å²) < 4.78 is 5.78. The van der Waals surface area contributed by atoms with Crippen LogP contribution in [0, 0.1) is 0 Å². The molecule has 0 saturated heterocycles. The molecule has 0 radical (unpaired) electrons. The predicted octanol–water partition coefficient (Wildman–Crippen LogP) is 4.47. The minimum absolute atomic E-state index is 0.0509. The topological polar surface area (TPSA) is 72.4 Å². The Morgan fingerprint density at radius 3 is 2.74 bits per heavy atom. The van der Waals surface area contributed by atoms with Crippen molar-refractivity contribution in [3.63, 3.8) is 0 Å². The summed E-state index contributed by atoms with van der Waals surface area (Å²) in [6.07, 6.45) is 2.44. The molecule has 1 atom stereocenters. The van der Waals surface area contributed by atoms with E-state index >= 15 is 0 Å². The largest absolute Gasteiger partial charge is 0.495 e. The molecule has 1 aliphatic rings. The number of ketones is 1. The van der Waals surface area contributed by atoms with E-state index in [0.29, 0.717) is 32.2 Å². The number of ether oxygens (including phenoxy) is 1. The summed E-state index contributed by atoms with van der Waals surface area (Å²) in [5.41, 5.74) is 0.520. The van der Waals surface area contributed by atoms with Crippen molar-refractivity contribution in [3.05, 3.63) is 28.8 Å². The molecule has 1 fully saturated rings. The quantitative estimate of drug-likeness (QED) is 0.353. The highest BCUT2D eigenvalue weighted by atomic mass is 35.5. The Kier molecular flexibility index (Phi) is 6.39. The summed E-state index contributed by atoms with van der Waals surface area (Å²) in [7, 11) is 1.53. The summed E-state index contributed by atoms with van der Waals surface area (Å²) in [5.74, 6) is 0.537. The molecule has 1 aromatic heterocycles. The van der Waals surface area contributed by atoms with Crippen LogP contribution >= 0.6 is 34.7 Å². The smallest absolute Gasteiger partial charge is 0.228 e. The normalized spacial score (nSPS) is 14.7. The molecule has 2 aromatic rings. The van der Waals surface area contributed by atoms with Crippen molar-refractivity contribution in [1.82, 2.24) is 10.2 Å². The summed E-state index contributed by atoms with van der Waals surface area (Å²) in [4.78, 5) is 26.6. The van der Waals surface area contributed by atoms with Crippen LogP contribution < -0.4 is 9.64 Å². The molecule has 1 amide bonds. The number of carbonyl (C=O) groups excluding carboxylic acids is 2. The zero-order valence-electron chi connectivity index (χ0n) is 15.3. The lowest BCUT2D eigenvalue weighted by Gasteiger charge is -2.17. The van der Waals surface area contributed by atoms with Gasteiger partial charge < -0.3 is 4.74 Å².